The molecule has 246 valence electrons. The van der Waals surface area contributed by atoms with E-state index < -0.39 is 10.1 Å². The van der Waals surface area contributed by atoms with Crippen LogP contribution in [-0.2, 0) is 10.1 Å². The molecule has 0 radical (unpaired) electrons. The Morgan fingerprint density at radius 1 is 0.636 bits per heavy atom. The normalized spacial score (nSPS) is 13.2. The lowest BCUT2D eigenvalue weighted by Crippen LogP contribution is -2.43. The molecule has 0 saturated heterocycles. The van der Waals surface area contributed by atoms with Crippen LogP contribution in [0.1, 0.15) is 130 Å². The third kappa shape index (κ3) is 14.0. The molecule has 0 unspecified atom stereocenters. The molecule has 0 aromatic heterocycles. The van der Waals surface area contributed by atoms with Crippen LogP contribution in [0, 0.1) is 6.92 Å². The lowest BCUT2D eigenvalue weighted by atomic mass is 10.0. The number of hydrogen-bond donors (Lipinski definition) is 1. The summed E-state index contributed by atoms with van der Waals surface area (Å²) in [5.74, 6) is -0.263. The van der Waals surface area contributed by atoms with Gasteiger partial charge in [-0.1, -0.05) is 114 Å². The van der Waals surface area contributed by atoms with Crippen molar-refractivity contribution in [1.82, 2.24) is 4.90 Å². The first kappa shape index (κ1) is 37.6. The topological polar surface area (TPSA) is 91.8 Å². The summed E-state index contributed by atoms with van der Waals surface area (Å²) in [6.45, 7) is 6.80. The Hall–Kier alpha value is -2.55. The second kappa shape index (κ2) is 19.8. The summed E-state index contributed by atoms with van der Waals surface area (Å²) >= 11 is 0. The van der Waals surface area contributed by atoms with Crippen molar-refractivity contribution in [3.05, 3.63) is 65.2 Å². The molecule has 1 heterocycles. The molecule has 2 aromatic rings. The molecule has 2 amide bonds. The number of hydrogen-bond acceptors (Lipinski definition) is 4. The average Bonchev–Trinajstić information content (AvgIpc) is 3.22. The average molecular weight is 630 g/mol. The van der Waals surface area contributed by atoms with Crippen molar-refractivity contribution in [2.45, 2.75) is 115 Å². The molecule has 0 saturated carbocycles. The first-order valence-corrected chi connectivity index (χ1v) is 18.2. The van der Waals surface area contributed by atoms with Gasteiger partial charge in [0.15, 0.2) is 0 Å². The van der Waals surface area contributed by atoms with Gasteiger partial charge in [0.05, 0.1) is 43.2 Å². The smallest absolute Gasteiger partial charge is 0.294 e. The fourth-order valence-electron chi connectivity index (χ4n) is 5.66. The monoisotopic (exact) mass is 629 g/mol. The number of amides is 2. The maximum Gasteiger partial charge on any atom is 0.294 e. The van der Waals surface area contributed by atoms with Crippen LogP contribution < -0.4 is 0 Å². The van der Waals surface area contributed by atoms with Gasteiger partial charge in [-0.3, -0.25) is 19.0 Å². The molecule has 8 heteroatoms. The molecule has 1 aliphatic rings. The van der Waals surface area contributed by atoms with Gasteiger partial charge in [0.2, 0.25) is 0 Å². The molecule has 1 N–H and O–H groups in total. The minimum absolute atomic E-state index is 0.0666. The Kier molecular flexibility index (Phi) is 16.9. The maximum absolute atomic E-state index is 12.5. The van der Waals surface area contributed by atoms with E-state index >= 15 is 0 Å². The zero-order valence-corrected chi connectivity index (χ0v) is 28.5. The first-order valence-electron chi connectivity index (χ1n) is 16.8. The molecule has 0 bridgehead atoms. The Morgan fingerprint density at radius 3 is 1.48 bits per heavy atom. The van der Waals surface area contributed by atoms with Crippen molar-refractivity contribution < 1.29 is 27.0 Å². The molecule has 3 rings (SSSR count). The summed E-state index contributed by atoms with van der Waals surface area (Å²) < 4.78 is 30.5. The standard InChI is InChI=1S/C29H49N2O2.C7H8O3S/c1-4-5-6-7-8-9-10-11-12-13-14-15-16-19-24-31(2,3)25-20-23-30-28(32)26-21-17-18-22-27(26)29(30)33;1-6-2-4-7(5-3-6)11(8,9)10/h17-18,21-22H,4-16,19-20,23-25H2,1-3H3;2-5H,1H3,(H,8,9,10)/q+1;. The number of aryl methyl sites for hydroxylation is 1. The van der Waals surface area contributed by atoms with E-state index in [1.165, 1.54) is 113 Å². The number of carbonyl (C=O) groups excluding carboxylic acids is 2. The van der Waals surface area contributed by atoms with Gasteiger partial charge in [-0.25, -0.2) is 0 Å². The van der Waals surface area contributed by atoms with Gasteiger partial charge in [0.1, 0.15) is 0 Å². The molecular formula is C36H57N2O5S+. The van der Waals surface area contributed by atoms with Gasteiger partial charge in [-0.15, -0.1) is 0 Å². The lowest BCUT2D eigenvalue weighted by Gasteiger charge is -2.30. The van der Waals surface area contributed by atoms with Gasteiger partial charge in [0.25, 0.3) is 21.9 Å². The van der Waals surface area contributed by atoms with Crippen molar-refractivity contribution >= 4 is 21.9 Å². The second-order valence-corrected chi connectivity index (χ2v) is 14.3. The van der Waals surface area contributed by atoms with Crippen LogP contribution in [0.5, 0.6) is 0 Å². The third-order valence-corrected chi connectivity index (χ3v) is 9.33. The lowest BCUT2D eigenvalue weighted by molar-refractivity contribution is -0.890. The number of imide groups is 1. The minimum atomic E-state index is -4.02. The van der Waals surface area contributed by atoms with Crippen molar-refractivity contribution in [2.75, 3.05) is 33.7 Å². The summed E-state index contributed by atoms with van der Waals surface area (Å²) in [5, 5.41) is 0. The van der Waals surface area contributed by atoms with E-state index in [0.29, 0.717) is 17.7 Å². The Labute approximate surface area is 267 Å². The SMILES string of the molecule is CCCCCCCCCCCCCCCC[N+](C)(C)CCCN1C(=O)c2ccccc2C1=O.Cc1ccc(S(=O)(=O)O)cc1. The van der Waals surface area contributed by atoms with Gasteiger partial charge < -0.3 is 4.48 Å². The number of unbranched alkanes of at least 4 members (excludes halogenated alkanes) is 13. The van der Waals surface area contributed by atoms with E-state index in [1.807, 2.05) is 19.1 Å². The highest BCUT2D eigenvalue weighted by Crippen LogP contribution is 2.23. The quantitative estimate of drug-likeness (QED) is 0.0687. The van der Waals surface area contributed by atoms with Crippen molar-refractivity contribution in [3.63, 3.8) is 0 Å². The highest BCUT2D eigenvalue weighted by atomic mass is 32.2. The minimum Gasteiger partial charge on any atom is -0.328 e. The van der Waals surface area contributed by atoms with E-state index in [9.17, 15) is 18.0 Å². The Morgan fingerprint density at radius 2 is 1.05 bits per heavy atom. The van der Waals surface area contributed by atoms with E-state index in [4.69, 9.17) is 4.55 Å². The molecule has 44 heavy (non-hydrogen) atoms. The fourth-order valence-corrected chi connectivity index (χ4v) is 6.14. The maximum atomic E-state index is 12.5. The van der Waals surface area contributed by atoms with Gasteiger partial charge in [0, 0.05) is 13.0 Å². The molecule has 0 aliphatic carbocycles. The summed E-state index contributed by atoms with van der Waals surface area (Å²) in [7, 11) is 0.517. The van der Waals surface area contributed by atoms with Gasteiger partial charge in [-0.2, -0.15) is 8.42 Å². The van der Waals surface area contributed by atoms with Crippen LogP contribution >= 0.6 is 0 Å². The third-order valence-electron chi connectivity index (χ3n) is 8.46. The summed E-state index contributed by atoms with van der Waals surface area (Å²) in [6.07, 6.45) is 20.3. The zero-order valence-electron chi connectivity index (χ0n) is 27.7. The summed E-state index contributed by atoms with van der Waals surface area (Å²) in [4.78, 5) is 26.3. The van der Waals surface area contributed by atoms with E-state index in [0.717, 1.165) is 23.0 Å². The number of benzene rings is 2. The number of quaternary nitrogens is 1. The number of nitrogens with zero attached hydrogens (tertiary/aromatic N) is 2. The Bertz CT molecular complexity index is 1210. The second-order valence-electron chi connectivity index (χ2n) is 12.9. The van der Waals surface area contributed by atoms with Crippen molar-refractivity contribution in [3.8, 4) is 0 Å². The van der Waals surface area contributed by atoms with E-state index in [-0.39, 0.29) is 16.7 Å². The van der Waals surface area contributed by atoms with Crippen LogP contribution in [0.15, 0.2) is 53.4 Å². The number of carbonyl (C=O) groups is 2. The van der Waals surface area contributed by atoms with Crippen LogP contribution in [0.2, 0.25) is 0 Å². The van der Waals surface area contributed by atoms with Crippen molar-refractivity contribution in [2.24, 2.45) is 0 Å². The zero-order chi connectivity index (χ0) is 32.4. The van der Waals surface area contributed by atoms with Crippen LogP contribution in [-0.4, -0.2) is 67.9 Å². The first-order chi connectivity index (χ1) is 21.0. The van der Waals surface area contributed by atoms with Crippen LogP contribution in [0.3, 0.4) is 0 Å². The largest absolute Gasteiger partial charge is 0.328 e. The molecule has 0 fully saturated rings. The highest BCUT2D eigenvalue weighted by Gasteiger charge is 2.34. The predicted octanol–water partition coefficient (Wildman–Crippen LogP) is 8.47. The number of fused-ring (bicyclic) bond motifs is 1. The van der Waals surface area contributed by atoms with Gasteiger partial charge in [-0.05, 0) is 44.0 Å². The van der Waals surface area contributed by atoms with Crippen LogP contribution in [0.25, 0.3) is 0 Å². The van der Waals surface area contributed by atoms with Crippen LogP contribution in [0.4, 0.5) is 0 Å². The summed E-state index contributed by atoms with van der Waals surface area (Å²) in [6, 6.07) is 13.1. The predicted molar refractivity (Wildman–Crippen MR) is 180 cm³/mol. The molecule has 1 aliphatic heterocycles. The highest BCUT2D eigenvalue weighted by molar-refractivity contribution is 7.85. The molecule has 2 aromatic carbocycles. The molecule has 0 spiro atoms. The molecular weight excluding hydrogens is 572 g/mol. The van der Waals surface area contributed by atoms with Crippen molar-refractivity contribution in [1.29, 1.82) is 0 Å². The van der Waals surface area contributed by atoms with E-state index in [1.54, 1.807) is 24.3 Å². The fraction of sp³-hybridized carbons (Fsp3) is 0.611. The molecule has 7 nitrogen and oxygen atoms in total. The Balaban J connectivity index is 0.000000514. The molecule has 0 atom stereocenters. The van der Waals surface area contributed by atoms with Gasteiger partial charge >= 0.3 is 0 Å². The summed E-state index contributed by atoms with van der Waals surface area (Å²) in [5.41, 5.74) is 2.06. The van der Waals surface area contributed by atoms with E-state index in [2.05, 4.69) is 21.0 Å². The number of rotatable bonds is 20.